The third kappa shape index (κ3) is 4.07. The van der Waals surface area contributed by atoms with E-state index in [1.165, 1.54) is 0 Å². The highest BCUT2D eigenvalue weighted by atomic mass is 16.5. The van der Waals surface area contributed by atoms with Gasteiger partial charge >= 0.3 is 0 Å². The lowest BCUT2D eigenvalue weighted by Crippen LogP contribution is -2.39. The second-order valence-corrected chi connectivity index (χ2v) is 6.17. The summed E-state index contributed by atoms with van der Waals surface area (Å²) < 4.78 is 10.9. The molecular weight excluding hydrogens is 302 g/mol. The lowest BCUT2D eigenvalue weighted by atomic mass is 10.0. The molecule has 1 amide bonds. The summed E-state index contributed by atoms with van der Waals surface area (Å²) in [6.07, 6.45) is 1.75. The average molecular weight is 325 g/mol. The van der Waals surface area contributed by atoms with E-state index in [1.54, 1.807) is 14.0 Å². The van der Waals surface area contributed by atoms with E-state index in [2.05, 4.69) is 5.32 Å². The second kappa shape index (κ2) is 7.39. The smallest absolute Gasteiger partial charge is 0.261 e. The first-order valence-electron chi connectivity index (χ1n) is 8.33. The van der Waals surface area contributed by atoms with E-state index >= 15 is 0 Å². The summed E-state index contributed by atoms with van der Waals surface area (Å²) in [5.74, 6) is 1.94. The number of methoxy groups -OCH3 is 1. The lowest BCUT2D eigenvalue weighted by Gasteiger charge is -2.22. The molecule has 0 aromatic heterocycles. The zero-order valence-electron chi connectivity index (χ0n) is 14.1. The Balaban J connectivity index is 1.65. The SMILES string of the molecule is COc1ccc(C(NC(=O)C(C)Oc2ccccc2)C2CC2)cc1. The second-order valence-electron chi connectivity index (χ2n) is 6.17. The van der Waals surface area contributed by atoms with E-state index in [4.69, 9.17) is 9.47 Å². The molecule has 3 rings (SSSR count). The van der Waals surface area contributed by atoms with Crippen LogP contribution in [0.4, 0.5) is 0 Å². The van der Waals surface area contributed by atoms with Gasteiger partial charge in [0.25, 0.3) is 5.91 Å². The summed E-state index contributed by atoms with van der Waals surface area (Å²) in [4.78, 5) is 12.5. The number of para-hydroxylation sites is 1. The van der Waals surface area contributed by atoms with E-state index in [0.29, 0.717) is 11.7 Å². The minimum Gasteiger partial charge on any atom is -0.497 e. The van der Waals surface area contributed by atoms with Gasteiger partial charge in [0.05, 0.1) is 13.2 Å². The average Bonchev–Trinajstić information content (AvgIpc) is 3.45. The number of carbonyl (C=O) groups is 1. The molecule has 1 saturated carbocycles. The van der Waals surface area contributed by atoms with Crippen molar-refractivity contribution in [3.05, 3.63) is 60.2 Å². The molecule has 0 radical (unpaired) electrons. The van der Waals surface area contributed by atoms with Gasteiger partial charge in [0.2, 0.25) is 0 Å². The van der Waals surface area contributed by atoms with E-state index in [0.717, 1.165) is 24.2 Å². The predicted molar refractivity (Wildman–Crippen MR) is 93.1 cm³/mol. The Labute approximate surface area is 142 Å². The molecule has 24 heavy (non-hydrogen) atoms. The van der Waals surface area contributed by atoms with Gasteiger partial charge in [0, 0.05) is 0 Å². The topological polar surface area (TPSA) is 47.6 Å². The molecule has 0 heterocycles. The van der Waals surface area contributed by atoms with Crippen LogP contribution < -0.4 is 14.8 Å². The molecule has 4 nitrogen and oxygen atoms in total. The third-order valence-corrected chi connectivity index (χ3v) is 4.29. The fraction of sp³-hybridized carbons (Fsp3) is 0.350. The van der Waals surface area contributed by atoms with Crippen molar-refractivity contribution in [1.82, 2.24) is 5.32 Å². The minimum atomic E-state index is -0.535. The molecule has 0 saturated heterocycles. The van der Waals surface area contributed by atoms with Crippen LogP contribution in [0.25, 0.3) is 0 Å². The molecule has 4 heteroatoms. The Kier molecular flexibility index (Phi) is 5.04. The first-order chi connectivity index (χ1) is 11.7. The molecule has 1 N–H and O–H groups in total. The van der Waals surface area contributed by atoms with Gasteiger partial charge < -0.3 is 14.8 Å². The maximum atomic E-state index is 12.5. The number of hydrogen-bond acceptors (Lipinski definition) is 3. The van der Waals surface area contributed by atoms with Crippen molar-refractivity contribution < 1.29 is 14.3 Å². The number of hydrogen-bond donors (Lipinski definition) is 1. The van der Waals surface area contributed by atoms with Gasteiger partial charge in [-0.05, 0) is 55.5 Å². The number of rotatable bonds is 7. The van der Waals surface area contributed by atoms with Gasteiger partial charge in [0.15, 0.2) is 6.10 Å². The molecule has 2 aromatic carbocycles. The summed E-state index contributed by atoms with van der Waals surface area (Å²) in [6, 6.07) is 17.3. The van der Waals surface area contributed by atoms with Crippen molar-refractivity contribution in [3.63, 3.8) is 0 Å². The molecule has 0 spiro atoms. The summed E-state index contributed by atoms with van der Waals surface area (Å²) in [5.41, 5.74) is 1.11. The standard InChI is InChI=1S/C20H23NO3/c1-14(24-18-6-4-3-5-7-18)20(22)21-19(15-8-9-15)16-10-12-17(23-2)13-11-16/h3-7,10-15,19H,8-9H2,1-2H3,(H,21,22). The van der Waals surface area contributed by atoms with Crippen molar-refractivity contribution in [3.8, 4) is 11.5 Å². The van der Waals surface area contributed by atoms with Gasteiger partial charge in [-0.1, -0.05) is 30.3 Å². The highest BCUT2D eigenvalue weighted by Gasteiger charge is 2.34. The number of ether oxygens (including phenoxy) is 2. The Morgan fingerprint density at radius 1 is 1.04 bits per heavy atom. The quantitative estimate of drug-likeness (QED) is 0.844. The van der Waals surface area contributed by atoms with Gasteiger partial charge in [-0.25, -0.2) is 0 Å². The monoisotopic (exact) mass is 325 g/mol. The Morgan fingerprint density at radius 3 is 2.29 bits per heavy atom. The fourth-order valence-electron chi connectivity index (χ4n) is 2.74. The summed E-state index contributed by atoms with van der Waals surface area (Å²) >= 11 is 0. The maximum Gasteiger partial charge on any atom is 0.261 e. The van der Waals surface area contributed by atoms with Gasteiger partial charge in [-0.15, -0.1) is 0 Å². The minimum absolute atomic E-state index is 0.0326. The molecule has 2 aromatic rings. The third-order valence-electron chi connectivity index (χ3n) is 4.29. The maximum absolute atomic E-state index is 12.5. The van der Waals surface area contributed by atoms with Crippen molar-refractivity contribution in [1.29, 1.82) is 0 Å². The van der Waals surface area contributed by atoms with Crippen molar-refractivity contribution in [2.75, 3.05) is 7.11 Å². The Hall–Kier alpha value is -2.49. The summed E-state index contributed by atoms with van der Waals surface area (Å²) in [6.45, 7) is 1.78. The zero-order chi connectivity index (χ0) is 16.9. The number of carbonyl (C=O) groups excluding carboxylic acids is 1. The Bertz CT molecular complexity index is 665. The summed E-state index contributed by atoms with van der Waals surface area (Å²) in [5, 5.41) is 3.15. The normalized spacial score (nSPS) is 16.1. The molecular formula is C20H23NO3. The first kappa shape index (κ1) is 16.4. The van der Waals surface area contributed by atoms with Crippen LogP contribution >= 0.6 is 0 Å². The molecule has 1 aliphatic carbocycles. The molecule has 2 atom stereocenters. The summed E-state index contributed by atoms with van der Waals surface area (Å²) in [7, 11) is 1.65. The molecule has 2 unspecified atom stereocenters. The van der Waals surface area contributed by atoms with Gasteiger partial charge in [-0.2, -0.15) is 0 Å². The van der Waals surface area contributed by atoms with Crippen LogP contribution in [-0.2, 0) is 4.79 Å². The Morgan fingerprint density at radius 2 is 1.71 bits per heavy atom. The zero-order valence-corrected chi connectivity index (χ0v) is 14.1. The van der Waals surface area contributed by atoms with E-state index in [-0.39, 0.29) is 11.9 Å². The highest BCUT2D eigenvalue weighted by molar-refractivity contribution is 5.81. The highest BCUT2D eigenvalue weighted by Crippen LogP contribution is 2.41. The van der Waals surface area contributed by atoms with Crippen molar-refractivity contribution >= 4 is 5.91 Å². The van der Waals surface area contributed by atoms with Gasteiger partial charge in [-0.3, -0.25) is 4.79 Å². The van der Waals surface area contributed by atoms with Crippen LogP contribution in [0.3, 0.4) is 0 Å². The first-order valence-corrected chi connectivity index (χ1v) is 8.33. The predicted octanol–water partition coefficient (Wildman–Crippen LogP) is 3.73. The molecule has 1 aliphatic rings. The molecule has 0 bridgehead atoms. The van der Waals surface area contributed by atoms with E-state index < -0.39 is 6.10 Å². The number of nitrogens with one attached hydrogen (secondary N) is 1. The molecule has 126 valence electrons. The van der Waals surface area contributed by atoms with Gasteiger partial charge in [0.1, 0.15) is 11.5 Å². The van der Waals surface area contributed by atoms with Crippen LogP contribution in [0.5, 0.6) is 11.5 Å². The van der Waals surface area contributed by atoms with E-state index in [9.17, 15) is 4.79 Å². The number of amides is 1. The lowest BCUT2D eigenvalue weighted by molar-refractivity contribution is -0.128. The molecule has 1 fully saturated rings. The van der Waals surface area contributed by atoms with Crippen LogP contribution in [-0.4, -0.2) is 19.1 Å². The van der Waals surface area contributed by atoms with Crippen LogP contribution in [0, 0.1) is 5.92 Å². The molecule has 0 aliphatic heterocycles. The fourth-order valence-corrected chi connectivity index (χ4v) is 2.74. The van der Waals surface area contributed by atoms with E-state index in [1.807, 2.05) is 54.6 Å². The van der Waals surface area contributed by atoms with Crippen LogP contribution in [0.1, 0.15) is 31.4 Å². The van der Waals surface area contributed by atoms with Crippen molar-refractivity contribution in [2.24, 2.45) is 5.92 Å². The largest absolute Gasteiger partial charge is 0.497 e. The number of benzene rings is 2. The van der Waals surface area contributed by atoms with Crippen LogP contribution in [0.15, 0.2) is 54.6 Å². The van der Waals surface area contributed by atoms with Crippen LogP contribution in [0.2, 0.25) is 0 Å². The van der Waals surface area contributed by atoms with Crippen molar-refractivity contribution in [2.45, 2.75) is 31.9 Å².